The number of aliphatic hydroxyl groups excluding tert-OH is 1. The predicted octanol–water partition coefficient (Wildman–Crippen LogP) is 3.19. The Labute approximate surface area is 133 Å². The van der Waals surface area contributed by atoms with Crippen LogP contribution >= 0.6 is 0 Å². The second-order valence-corrected chi connectivity index (χ2v) is 5.40. The number of halogens is 2. The Bertz CT molecular complexity index is 676. The van der Waals surface area contributed by atoms with Gasteiger partial charge in [0.05, 0.1) is 5.56 Å². The third kappa shape index (κ3) is 4.63. The number of carbonyl (C=O) groups is 1. The van der Waals surface area contributed by atoms with Crippen LogP contribution < -0.4 is 10.1 Å². The molecule has 1 unspecified atom stereocenters. The molecule has 2 N–H and O–H groups in total. The van der Waals surface area contributed by atoms with Crippen LogP contribution in [-0.4, -0.2) is 30.8 Å². The van der Waals surface area contributed by atoms with Crippen molar-refractivity contribution in [1.29, 1.82) is 0 Å². The molecular weight excluding hydrogens is 304 g/mol. The summed E-state index contributed by atoms with van der Waals surface area (Å²) in [5, 5.41) is 13.0. The van der Waals surface area contributed by atoms with E-state index in [0.717, 1.165) is 5.39 Å². The molecule has 0 aromatic heterocycles. The minimum absolute atomic E-state index is 0.0345. The van der Waals surface area contributed by atoms with E-state index in [-0.39, 0.29) is 23.8 Å². The van der Waals surface area contributed by atoms with Gasteiger partial charge in [-0.15, -0.1) is 0 Å². The number of carbonyl (C=O) groups excluding carboxylic acids is 1. The number of nitrogens with one attached hydrogen (secondary N) is 1. The zero-order valence-corrected chi connectivity index (χ0v) is 12.8. The zero-order chi connectivity index (χ0) is 16.8. The standard InChI is InChI=1S/C17H19F2NO3/c1-11(6-7-21)10-20-16(22)14-8-12-4-2-3-5-13(12)9-15(14)23-17(18)19/h2-5,8-9,11,17,21H,6-7,10H2,1H3,(H,20,22). The number of aliphatic hydroxyl groups is 1. The topological polar surface area (TPSA) is 58.6 Å². The van der Waals surface area contributed by atoms with Gasteiger partial charge in [0.1, 0.15) is 5.75 Å². The number of fused-ring (bicyclic) bond motifs is 1. The second kappa shape index (κ2) is 7.87. The van der Waals surface area contributed by atoms with Crippen LogP contribution in [0.3, 0.4) is 0 Å². The van der Waals surface area contributed by atoms with E-state index in [4.69, 9.17) is 5.11 Å². The lowest BCUT2D eigenvalue weighted by Crippen LogP contribution is -2.29. The first kappa shape index (κ1) is 17.1. The number of rotatable bonds is 7. The van der Waals surface area contributed by atoms with Gasteiger partial charge in [-0.1, -0.05) is 31.2 Å². The fourth-order valence-electron chi connectivity index (χ4n) is 2.27. The van der Waals surface area contributed by atoms with Crippen LogP contribution in [0.4, 0.5) is 8.78 Å². The molecule has 1 amide bonds. The van der Waals surface area contributed by atoms with Crippen LogP contribution in [0.15, 0.2) is 36.4 Å². The fourth-order valence-corrected chi connectivity index (χ4v) is 2.27. The minimum Gasteiger partial charge on any atom is -0.434 e. The van der Waals surface area contributed by atoms with E-state index in [2.05, 4.69) is 10.1 Å². The number of amides is 1. The molecule has 4 nitrogen and oxygen atoms in total. The number of benzene rings is 2. The highest BCUT2D eigenvalue weighted by Gasteiger charge is 2.17. The molecule has 2 rings (SSSR count). The van der Waals surface area contributed by atoms with Crippen LogP contribution in [0.1, 0.15) is 23.7 Å². The van der Waals surface area contributed by atoms with Crippen molar-refractivity contribution in [1.82, 2.24) is 5.32 Å². The molecule has 0 saturated carbocycles. The van der Waals surface area contributed by atoms with Gasteiger partial charge in [0.2, 0.25) is 0 Å². The van der Waals surface area contributed by atoms with Crippen molar-refractivity contribution in [3.8, 4) is 5.75 Å². The number of hydrogen-bond donors (Lipinski definition) is 2. The summed E-state index contributed by atoms with van der Waals surface area (Å²) in [4.78, 5) is 12.3. The van der Waals surface area contributed by atoms with Crippen molar-refractivity contribution in [3.63, 3.8) is 0 Å². The number of hydrogen-bond acceptors (Lipinski definition) is 3. The molecule has 6 heteroatoms. The zero-order valence-electron chi connectivity index (χ0n) is 12.8. The van der Waals surface area contributed by atoms with Gasteiger partial charge < -0.3 is 15.2 Å². The Kier molecular flexibility index (Phi) is 5.87. The molecule has 0 aliphatic rings. The monoisotopic (exact) mass is 323 g/mol. The van der Waals surface area contributed by atoms with Crippen LogP contribution in [0, 0.1) is 5.92 Å². The van der Waals surface area contributed by atoms with E-state index < -0.39 is 12.5 Å². The highest BCUT2D eigenvalue weighted by molar-refractivity contribution is 6.01. The van der Waals surface area contributed by atoms with Crippen molar-refractivity contribution < 1.29 is 23.4 Å². The average molecular weight is 323 g/mol. The van der Waals surface area contributed by atoms with Crippen molar-refractivity contribution in [3.05, 3.63) is 42.0 Å². The molecular formula is C17H19F2NO3. The van der Waals surface area contributed by atoms with Gasteiger partial charge in [-0.25, -0.2) is 0 Å². The molecule has 0 saturated heterocycles. The highest BCUT2D eigenvalue weighted by Crippen LogP contribution is 2.27. The van der Waals surface area contributed by atoms with Crippen molar-refractivity contribution in [2.45, 2.75) is 20.0 Å². The summed E-state index contributed by atoms with van der Waals surface area (Å²) in [6.45, 7) is -0.739. The Morgan fingerprint density at radius 3 is 2.52 bits per heavy atom. The van der Waals surface area contributed by atoms with E-state index in [1.807, 2.05) is 6.92 Å². The highest BCUT2D eigenvalue weighted by atomic mass is 19.3. The molecule has 0 aliphatic heterocycles. The largest absolute Gasteiger partial charge is 0.434 e. The fraction of sp³-hybridized carbons (Fsp3) is 0.353. The molecule has 2 aromatic carbocycles. The first-order valence-electron chi connectivity index (χ1n) is 7.38. The predicted molar refractivity (Wildman–Crippen MR) is 83.8 cm³/mol. The maximum absolute atomic E-state index is 12.6. The number of ether oxygens (including phenoxy) is 1. The Hall–Kier alpha value is -2.21. The third-order valence-corrected chi connectivity index (χ3v) is 3.54. The quantitative estimate of drug-likeness (QED) is 0.823. The van der Waals surface area contributed by atoms with Crippen molar-refractivity contribution >= 4 is 16.7 Å². The van der Waals surface area contributed by atoms with E-state index in [1.54, 1.807) is 30.3 Å². The summed E-state index contributed by atoms with van der Waals surface area (Å²) in [5.41, 5.74) is 0.0696. The summed E-state index contributed by atoms with van der Waals surface area (Å²) >= 11 is 0. The molecule has 0 fully saturated rings. The van der Waals surface area contributed by atoms with Gasteiger partial charge >= 0.3 is 6.61 Å². The molecule has 0 radical (unpaired) electrons. The van der Waals surface area contributed by atoms with E-state index in [9.17, 15) is 13.6 Å². The van der Waals surface area contributed by atoms with Gasteiger partial charge in [0.15, 0.2) is 0 Å². The molecule has 0 heterocycles. The van der Waals surface area contributed by atoms with Crippen LogP contribution in [0.25, 0.3) is 10.8 Å². The maximum atomic E-state index is 12.6. The number of alkyl halides is 2. The molecule has 0 aliphatic carbocycles. The van der Waals surface area contributed by atoms with Crippen LogP contribution in [0.5, 0.6) is 5.75 Å². The van der Waals surface area contributed by atoms with Crippen LogP contribution in [-0.2, 0) is 0 Å². The minimum atomic E-state index is -3.00. The molecule has 23 heavy (non-hydrogen) atoms. The third-order valence-electron chi connectivity index (χ3n) is 3.54. The first-order chi connectivity index (χ1) is 11.0. The molecule has 124 valence electrons. The maximum Gasteiger partial charge on any atom is 0.387 e. The summed E-state index contributed by atoms with van der Waals surface area (Å²) < 4.78 is 29.7. The summed E-state index contributed by atoms with van der Waals surface area (Å²) in [5.74, 6) is -0.536. The van der Waals surface area contributed by atoms with Crippen molar-refractivity contribution in [2.75, 3.05) is 13.2 Å². The van der Waals surface area contributed by atoms with Gasteiger partial charge in [-0.2, -0.15) is 8.78 Å². The molecule has 2 aromatic rings. The lowest BCUT2D eigenvalue weighted by molar-refractivity contribution is -0.0500. The normalized spacial score (nSPS) is 12.4. The summed E-state index contributed by atoms with van der Waals surface area (Å²) in [7, 11) is 0. The van der Waals surface area contributed by atoms with Gasteiger partial charge in [0.25, 0.3) is 5.91 Å². The molecule has 1 atom stereocenters. The Morgan fingerprint density at radius 2 is 1.91 bits per heavy atom. The van der Waals surface area contributed by atoms with E-state index in [0.29, 0.717) is 18.4 Å². The van der Waals surface area contributed by atoms with E-state index >= 15 is 0 Å². The molecule has 0 bridgehead atoms. The Morgan fingerprint density at radius 1 is 1.26 bits per heavy atom. The average Bonchev–Trinajstić information content (AvgIpc) is 2.51. The Balaban J connectivity index is 2.27. The van der Waals surface area contributed by atoms with E-state index in [1.165, 1.54) is 6.07 Å². The molecule has 0 spiro atoms. The SMILES string of the molecule is CC(CCO)CNC(=O)c1cc2ccccc2cc1OC(F)F. The summed E-state index contributed by atoms with van der Waals surface area (Å²) in [6.07, 6.45) is 0.554. The van der Waals surface area contributed by atoms with Gasteiger partial charge in [-0.3, -0.25) is 4.79 Å². The van der Waals surface area contributed by atoms with Crippen LogP contribution in [0.2, 0.25) is 0 Å². The lowest BCUT2D eigenvalue weighted by atomic mass is 10.0. The van der Waals surface area contributed by atoms with Gasteiger partial charge in [0, 0.05) is 13.2 Å². The smallest absolute Gasteiger partial charge is 0.387 e. The second-order valence-electron chi connectivity index (χ2n) is 5.40. The first-order valence-corrected chi connectivity index (χ1v) is 7.38. The van der Waals surface area contributed by atoms with Crippen molar-refractivity contribution in [2.24, 2.45) is 5.92 Å². The summed E-state index contributed by atoms with van der Waals surface area (Å²) in [6, 6.07) is 10.1. The van der Waals surface area contributed by atoms with Gasteiger partial charge in [-0.05, 0) is 35.2 Å². The lowest BCUT2D eigenvalue weighted by Gasteiger charge is -2.14.